The number of carbonyl (C=O) groups is 1. The first-order valence-corrected chi connectivity index (χ1v) is 10.4. The minimum absolute atomic E-state index is 0.261. The number of rotatable bonds is 13. The summed E-state index contributed by atoms with van der Waals surface area (Å²) in [6.45, 7) is 9.21. The fourth-order valence-electron chi connectivity index (χ4n) is 3.11. The van der Waals surface area contributed by atoms with Crippen molar-refractivity contribution < 1.29 is 19.0 Å². The van der Waals surface area contributed by atoms with E-state index in [0.29, 0.717) is 23.6 Å². The van der Waals surface area contributed by atoms with Crippen molar-refractivity contribution in [1.29, 1.82) is 0 Å². The van der Waals surface area contributed by atoms with E-state index in [1.165, 1.54) is 14.2 Å². The quantitative estimate of drug-likeness (QED) is 0.305. The molecule has 164 valence electrons. The molecule has 0 spiro atoms. The van der Waals surface area contributed by atoms with E-state index in [4.69, 9.17) is 14.2 Å². The number of pyridine rings is 1. The van der Waals surface area contributed by atoms with Gasteiger partial charge in [-0.25, -0.2) is 4.79 Å². The molecule has 0 saturated carbocycles. The molecule has 1 aromatic carbocycles. The van der Waals surface area contributed by atoms with Crippen LogP contribution < -0.4 is 19.5 Å². The molecule has 1 aromatic heterocycles. The van der Waals surface area contributed by atoms with Gasteiger partial charge in [0.05, 0.1) is 25.5 Å². The van der Waals surface area contributed by atoms with Crippen LogP contribution in [0.2, 0.25) is 0 Å². The summed E-state index contributed by atoms with van der Waals surface area (Å²) in [4.78, 5) is 19.4. The van der Waals surface area contributed by atoms with Crippen molar-refractivity contribution in [2.75, 3.05) is 40.4 Å². The molecule has 0 aliphatic carbocycles. The molecule has 0 fully saturated rings. The SMILES string of the molecule is CCN(CC)CCCCNCc1cc(C(=O)Oc2c(OC)cccc2OC)ccn1. The topological polar surface area (TPSA) is 72.9 Å². The molecule has 0 radical (unpaired) electrons. The van der Waals surface area contributed by atoms with Crippen LogP contribution in [0, 0.1) is 0 Å². The Morgan fingerprint density at radius 3 is 2.40 bits per heavy atom. The van der Waals surface area contributed by atoms with Gasteiger partial charge in [0.2, 0.25) is 5.75 Å². The first-order valence-electron chi connectivity index (χ1n) is 10.4. The third-order valence-electron chi connectivity index (χ3n) is 4.91. The van der Waals surface area contributed by atoms with Gasteiger partial charge in [-0.3, -0.25) is 4.98 Å². The second-order valence-corrected chi connectivity index (χ2v) is 6.83. The smallest absolute Gasteiger partial charge is 0.343 e. The van der Waals surface area contributed by atoms with Crippen molar-refractivity contribution in [2.45, 2.75) is 33.2 Å². The molecule has 0 amide bonds. The number of ether oxygens (including phenoxy) is 3. The number of para-hydroxylation sites is 1. The van der Waals surface area contributed by atoms with E-state index in [2.05, 4.69) is 29.0 Å². The van der Waals surface area contributed by atoms with Crippen molar-refractivity contribution in [3.63, 3.8) is 0 Å². The van der Waals surface area contributed by atoms with E-state index in [1.807, 2.05) is 0 Å². The second kappa shape index (κ2) is 12.8. The van der Waals surface area contributed by atoms with Crippen molar-refractivity contribution in [2.24, 2.45) is 0 Å². The molecule has 2 rings (SSSR count). The molecule has 0 saturated heterocycles. The third-order valence-corrected chi connectivity index (χ3v) is 4.91. The van der Waals surface area contributed by atoms with Crippen molar-refractivity contribution in [3.8, 4) is 17.2 Å². The van der Waals surface area contributed by atoms with Crippen LogP contribution in [0.25, 0.3) is 0 Å². The largest absolute Gasteiger partial charge is 0.493 e. The number of hydrogen-bond donors (Lipinski definition) is 1. The molecule has 1 N–H and O–H groups in total. The van der Waals surface area contributed by atoms with E-state index >= 15 is 0 Å². The maximum atomic E-state index is 12.7. The van der Waals surface area contributed by atoms with Gasteiger partial charge in [-0.2, -0.15) is 0 Å². The van der Waals surface area contributed by atoms with Gasteiger partial charge < -0.3 is 24.4 Å². The first kappa shape index (κ1) is 23.6. The van der Waals surface area contributed by atoms with E-state index in [9.17, 15) is 4.79 Å². The highest BCUT2D eigenvalue weighted by atomic mass is 16.6. The van der Waals surface area contributed by atoms with Crippen LogP contribution in [0.4, 0.5) is 0 Å². The summed E-state index contributed by atoms with van der Waals surface area (Å²) >= 11 is 0. The average Bonchev–Trinajstić information content (AvgIpc) is 2.79. The zero-order chi connectivity index (χ0) is 21.8. The maximum Gasteiger partial charge on any atom is 0.343 e. The van der Waals surface area contributed by atoms with E-state index < -0.39 is 5.97 Å². The van der Waals surface area contributed by atoms with Crippen LogP contribution >= 0.6 is 0 Å². The summed E-state index contributed by atoms with van der Waals surface area (Å²) in [7, 11) is 3.04. The Morgan fingerprint density at radius 1 is 1.07 bits per heavy atom. The van der Waals surface area contributed by atoms with Gasteiger partial charge in [0.25, 0.3) is 0 Å². The lowest BCUT2D eigenvalue weighted by Crippen LogP contribution is -2.25. The second-order valence-electron chi connectivity index (χ2n) is 6.83. The molecule has 7 heteroatoms. The lowest BCUT2D eigenvalue weighted by atomic mass is 10.2. The summed E-state index contributed by atoms with van der Waals surface area (Å²) in [5.74, 6) is 0.643. The lowest BCUT2D eigenvalue weighted by molar-refractivity contribution is 0.0724. The fraction of sp³-hybridized carbons (Fsp3) is 0.478. The average molecular weight is 416 g/mol. The van der Waals surface area contributed by atoms with Crippen LogP contribution in [0.5, 0.6) is 17.2 Å². The summed E-state index contributed by atoms with van der Waals surface area (Å²) < 4.78 is 16.1. The fourth-order valence-corrected chi connectivity index (χ4v) is 3.11. The number of hydrogen-bond acceptors (Lipinski definition) is 7. The number of esters is 1. The number of aromatic nitrogens is 1. The van der Waals surface area contributed by atoms with Crippen LogP contribution in [0.3, 0.4) is 0 Å². The minimum Gasteiger partial charge on any atom is -0.493 e. The highest BCUT2D eigenvalue weighted by molar-refractivity contribution is 5.91. The molecule has 0 bridgehead atoms. The summed E-state index contributed by atoms with van der Waals surface area (Å²) in [6.07, 6.45) is 3.88. The summed E-state index contributed by atoms with van der Waals surface area (Å²) in [6, 6.07) is 8.58. The third kappa shape index (κ3) is 7.00. The molecule has 0 atom stereocenters. The number of nitrogens with one attached hydrogen (secondary N) is 1. The van der Waals surface area contributed by atoms with Gasteiger partial charge in [0.1, 0.15) is 0 Å². The van der Waals surface area contributed by atoms with Crippen LogP contribution in [-0.2, 0) is 6.54 Å². The van der Waals surface area contributed by atoms with Gasteiger partial charge in [0, 0.05) is 12.7 Å². The molecule has 1 heterocycles. The van der Waals surface area contributed by atoms with Gasteiger partial charge in [-0.1, -0.05) is 19.9 Å². The Labute approximate surface area is 179 Å². The van der Waals surface area contributed by atoms with Gasteiger partial charge in [-0.05, 0) is 63.3 Å². The number of methoxy groups -OCH3 is 2. The Balaban J connectivity index is 1.89. The van der Waals surface area contributed by atoms with E-state index in [-0.39, 0.29) is 5.75 Å². The van der Waals surface area contributed by atoms with Crippen molar-refractivity contribution in [3.05, 3.63) is 47.8 Å². The number of nitrogens with zero attached hydrogens (tertiary/aromatic N) is 2. The van der Waals surface area contributed by atoms with Crippen LogP contribution in [0.15, 0.2) is 36.5 Å². The van der Waals surface area contributed by atoms with Gasteiger partial charge >= 0.3 is 5.97 Å². The highest BCUT2D eigenvalue weighted by Crippen LogP contribution is 2.37. The maximum absolute atomic E-state index is 12.7. The van der Waals surface area contributed by atoms with E-state index in [0.717, 1.165) is 44.7 Å². The zero-order valence-corrected chi connectivity index (χ0v) is 18.4. The highest BCUT2D eigenvalue weighted by Gasteiger charge is 2.17. The first-order chi connectivity index (χ1) is 14.6. The molecular weight excluding hydrogens is 382 g/mol. The molecular formula is C23H33N3O4. The summed E-state index contributed by atoms with van der Waals surface area (Å²) in [5, 5.41) is 3.39. The van der Waals surface area contributed by atoms with Crippen molar-refractivity contribution >= 4 is 5.97 Å². The van der Waals surface area contributed by atoms with Crippen LogP contribution in [-0.4, -0.2) is 56.3 Å². The molecule has 0 aliphatic rings. The Bertz CT molecular complexity index is 772. The Hall–Kier alpha value is -2.64. The standard InChI is InChI=1S/C23H33N3O4/c1-5-26(6-2)15-8-7-13-24-17-19-16-18(12-14-25-19)23(27)30-22-20(28-3)10-9-11-21(22)29-4/h9-12,14,16,24H,5-8,13,15,17H2,1-4H3. The Kier molecular flexibility index (Phi) is 10.1. The van der Waals surface area contributed by atoms with Gasteiger partial charge in [0.15, 0.2) is 11.5 Å². The molecule has 30 heavy (non-hydrogen) atoms. The minimum atomic E-state index is -0.485. The molecule has 0 unspecified atom stereocenters. The zero-order valence-electron chi connectivity index (χ0n) is 18.4. The molecule has 7 nitrogen and oxygen atoms in total. The van der Waals surface area contributed by atoms with Gasteiger partial charge in [-0.15, -0.1) is 0 Å². The normalized spacial score (nSPS) is 10.8. The van der Waals surface area contributed by atoms with Crippen LogP contribution in [0.1, 0.15) is 42.7 Å². The predicted molar refractivity (Wildman–Crippen MR) is 117 cm³/mol. The molecule has 0 aliphatic heterocycles. The Morgan fingerprint density at radius 2 is 1.77 bits per heavy atom. The monoisotopic (exact) mass is 415 g/mol. The lowest BCUT2D eigenvalue weighted by Gasteiger charge is -2.17. The summed E-state index contributed by atoms with van der Waals surface area (Å²) in [5.41, 5.74) is 1.22. The number of unbranched alkanes of at least 4 members (excludes halogenated alkanes) is 1. The molecule has 2 aromatic rings. The number of benzene rings is 1. The number of carbonyl (C=O) groups excluding carboxylic acids is 1. The van der Waals surface area contributed by atoms with E-state index in [1.54, 1.807) is 36.5 Å². The predicted octanol–water partition coefficient (Wildman–Crippen LogP) is 3.53. The van der Waals surface area contributed by atoms with Crippen molar-refractivity contribution in [1.82, 2.24) is 15.2 Å².